The quantitative estimate of drug-likeness (QED) is 0.664. The Bertz CT molecular complexity index is 240. The molecule has 0 heterocycles. The molecule has 0 aromatic rings. The van der Waals surface area contributed by atoms with E-state index in [9.17, 15) is 0 Å². The Balaban J connectivity index is 1.89. The van der Waals surface area contributed by atoms with Gasteiger partial charge in [-0.1, -0.05) is 71.6 Å². The van der Waals surface area contributed by atoms with Crippen molar-refractivity contribution in [2.75, 3.05) is 13.1 Å². The van der Waals surface area contributed by atoms with Gasteiger partial charge in [0.25, 0.3) is 0 Å². The minimum Gasteiger partial charge on any atom is -0.316 e. The van der Waals surface area contributed by atoms with Crippen molar-refractivity contribution >= 4 is 0 Å². The van der Waals surface area contributed by atoms with E-state index in [0.717, 1.165) is 23.7 Å². The SMILES string of the molecule is CC(C)CNCC1CCCCCC1C1CCCCCC1. The molecular weight excluding hydrogens is 242 g/mol. The van der Waals surface area contributed by atoms with Crippen LogP contribution in [0.3, 0.4) is 0 Å². The van der Waals surface area contributed by atoms with Crippen molar-refractivity contribution in [2.45, 2.75) is 84.5 Å². The Morgan fingerprint density at radius 1 is 0.800 bits per heavy atom. The van der Waals surface area contributed by atoms with Gasteiger partial charge in [-0.15, -0.1) is 0 Å². The third-order valence-electron chi connectivity index (χ3n) is 5.68. The van der Waals surface area contributed by atoms with Crippen LogP contribution in [0.1, 0.15) is 84.5 Å². The fourth-order valence-electron chi connectivity index (χ4n) is 4.58. The maximum Gasteiger partial charge on any atom is -0.00177 e. The third-order valence-corrected chi connectivity index (χ3v) is 5.68. The Labute approximate surface area is 127 Å². The average molecular weight is 280 g/mol. The number of hydrogen-bond donors (Lipinski definition) is 1. The van der Waals surface area contributed by atoms with Crippen LogP contribution in [-0.2, 0) is 0 Å². The molecule has 2 aliphatic carbocycles. The van der Waals surface area contributed by atoms with E-state index in [0.29, 0.717) is 0 Å². The Hall–Kier alpha value is -0.0400. The van der Waals surface area contributed by atoms with Crippen LogP contribution in [0, 0.1) is 23.7 Å². The fraction of sp³-hybridized carbons (Fsp3) is 1.00. The van der Waals surface area contributed by atoms with Gasteiger partial charge < -0.3 is 5.32 Å². The molecule has 1 heteroatoms. The molecule has 0 aromatic heterocycles. The predicted octanol–water partition coefficient (Wildman–Crippen LogP) is 5.40. The molecule has 2 saturated carbocycles. The van der Waals surface area contributed by atoms with Gasteiger partial charge in [-0.25, -0.2) is 0 Å². The molecule has 2 rings (SSSR count). The van der Waals surface area contributed by atoms with Crippen molar-refractivity contribution in [3.05, 3.63) is 0 Å². The van der Waals surface area contributed by atoms with E-state index in [1.54, 1.807) is 0 Å². The van der Waals surface area contributed by atoms with Crippen molar-refractivity contribution in [3.63, 3.8) is 0 Å². The predicted molar refractivity (Wildman–Crippen MR) is 89.0 cm³/mol. The van der Waals surface area contributed by atoms with Crippen LogP contribution < -0.4 is 5.32 Å². The van der Waals surface area contributed by atoms with Gasteiger partial charge in [0.05, 0.1) is 0 Å². The zero-order valence-electron chi connectivity index (χ0n) is 14.0. The highest BCUT2D eigenvalue weighted by molar-refractivity contribution is 4.82. The summed E-state index contributed by atoms with van der Waals surface area (Å²) in [5.74, 6) is 3.85. The van der Waals surface area contributed by atoms with Crippen molar-refractivity contribution in [1.29, 1.82) is 0 Å². The second kappa shape index (κ2) is 9.07. The van der Waals surface area contributed by atoms with Gasteiger partial charge in [-0.05, 0) is 49.6 Å². The molecule has 0 aromatic carbocycles. The van der Waals surface area contributed by atoms with E-state index in [-0.39, 0.29) is 0 Å². The van der Waals surface area contributed by atoms with E-state index in [1.807, 2.05) is 0 Å². The lowest BCUT2D eigenvalue weighted by atomic mass is 9.75. The largest absolute Gasteiger partial charge is 0.316 e. The number of rotatable bonds is 5. The molecule has 1 N–H and O–H groups in total. The van der Waals surface area contributed by atoms with Gasteiger partial charge >= 0.3 is 0 Å². The fourth-order valence-corrected chi connectivity index (χ4v) is 4.58. The highest BCUT2D eigenvalue weighted by Crippen LogP contribution is 2.39. The molecule has 2 aliphatic rings. The first-order chi connectivity index (χ1) is 9.77. The molecule has 0 aliphatic heterocycles. The molecule has 0 spiro atoms. The molecule has 0 saturated heterocycles. The van der Waals surface area contributed by atoms with Gasteiger partial charge in [0.1, 0.15) is 0 Å². The molecular formula is C19H37N. The van der Waals surface area contributed by atoms with Gasteiger partial charge in [0.15, 0.2) is 0 Å². The summed E-state index contributed by atoms with van der Waals surface area (Å²) in [6.45, 7) is 7.14. The third kappa shape index (κ3) is 5.39. The van der Waals surface area contributed by atoms with Crippen LogP contribution in [-0.4, -0.2) is 13.1 Å². The zero-order chi connectivity index (χ0) is 14.2. The van der Waals surface area contributed by atoms with Crippen LogP contribution in [0.5, 0.6) is 0 Å². The van der Waals surface area contributed by atoms with Gasteiger partial charge in [-0.3, -0.25) is 0 Å². The molecule has 2 unspecified atom stereocenters. The Morgan fingerprint density at radius 3 is 2.10 bits per heavy atom. The van der Waals surface area contributed by atoms with Crippen LogP contribution in [0.2, 0.25) is 0 Å². The van der Waals surface area contributed by atoms with E-state index >= 15 is 0 Å². The van der Waals surface area contributed by atoms with Crippen LogP contribution in [0.4, 0.5) is 0 Å². The standard InChI is InChI=1S/C19H37N/c1-16(2)14-20-15-18-12-8-5-9-13-19(18)17-10-6-3-4-7-11-17/h16-20H,3-15H2,1-2H3. The van der Waals surface area contributed by atoms with Crippen molar-refractivity contribution in [1.82, 2.24) is 5.32 Å². The smallest absolute Gasteiger partial charge is 0.00177 e. The molecule has 118 valence electrons. The topological polar surface area (TPSA) is 12.0 Å². The second-order valence-electron chi connectivity index (χ2n) is 7.87. The van der Waals surface area contributed by atoms with Crippen molar-refractivity contribution in [3.8, 4) is 0 Å². The average Bonchev–Trinajstić information content (AvgIpc) is 2.80. The second-order valence-corrected chi connectivity index (χ2v) is 7.87. The van der Waals surface area contributed by atoms with Gasteiger partial charge in [0.2, 0.25) is 0 Å². The molecule has 2 atom stereocenters. The van der Waals surface area contributed by atoms with Crippen molar-refractivity contribution < 1.29 is 0 Å². The van der Waals surface area contributed by atoms with Crippen molar-refractivity contribution in [2.24, 2.45) is 23.7 Å². The summed E-state index contributed by atoms with van der Waals surface area (Å²) in [7, 11) is 0. The lowest BCUT2D eigenvalue weighted by Gasteiger charge is -2.33. The summed E-state index contributed by atoms with van der Waals surface area (Å²) in [6.07, 6.45) is 16.6. The molecule has 2 fully saturated rings. The maximum absolute atomic E-state index is 3.77. The zero-order valence-corrected chi connectivity index (χ0v) is 14.0. The van der Waals surface area contributed by atoms with Crippen LogP contribution in [0.15, 0.2) is 0 Å². The van der Waals surface area contributed by atoms with Gasteiger partial charge in [-0.2, -0.15) is 0 Å². The summed E-state index contributed by atoms with van der Waals surface area (Å²) in [5, 5.41) is 3.77. The Kier molecular flexibility index (Phi) is 7.41. The molecule has 0 radical (unpaired) electrons. The molecule has 20 heavy (non-hydrogen) atoms. The first-order valence-corrected chi connectivity index (χ1v) is 9.48. The number of hydrogen-bond acceptors (Lipinski definition) is 1. The van der Waals surface area contributed by atoms with Crippen LogP contribution in [0.25, 0.3) is 0 Å². The van der Waals surface area contributed by atoms with E-state index in [2.05, 4.69) is 19.2 Å². The summed E-state index contributed by atoms with van der Waals surface area (Å²) in [4.78, 5) is 0. The first-order valence-electron chi connectivity index (χ1n) is 9.48. The molecule has 0 bridgehead atoms. The minimum atomic E-state index is 0.789. The van der Waals surface area contributed by atoms with E-state index in [1.165, 1.54) is 83.7 Å². The highest BCUT2D eigenvalue weighted by Gasteiger charge is 2.30. The minimum absolute atomic E-state index is 0.789. The summed E-state index contributed by atoms with van der Waals surface area (Å²) < 4.78 is 0. The lowest BCUT2D eigenvalue weighted by Crippen LogP contribution is -2.33. The first kappa shape index (κ1) is 16.3. The molecule has 0 amide bonds. The van der Waals surface area contributed by atoms with Gasteiger partial charge in [0, 0.05) is 0 Å². The summed E-state index contributed by atoms with van der Waals surface area (Å²) >= 11 is 0. The highest BCUT2D eigenvalue weighted by atomic mass is 14.9. The van der Waals surface area contributed by atoms with E-state index in [4.69, 9.17) is 0 Å². The maximum atomic E-state index is 3.77. The number of nitrogens with one attached hydrogen (secondary N) is 1. The van der Waals surface area contributed by atoms with Crippen LogP contribution >= 0.6 is 0 Å². The Morgan fingerprint density at radius 2 is 1.40 bits per heavy atom. The lowest BCUT2D eigenvalue weighted by molar-refractivity contribution is 0.187. The monoisotopic (exact) mass is 279 g/mol. The van der Waals surface area contributed by atoms with E-state index < -0.39 is 0 Å². The molecule has 1 nitrogen and oxygen atoms in total. The normalized spacial score (nSPS) is 30.1. The summed E-state index contributed by atoms with van der Waals surface area (Å²) in [6, 6.07) is 0. The summed E-state index contributed by atoms with van der Waals surface area (Å²) in [5.41, 5.74) is 0.